The molecule has 0 bridgehead atoms. The Morgan fingerprint density at radius 3 is 2.52 bits per heavy atom. The molecule has 2 aromatic carbocycles. The standard InChI is InChI=1S/C16H14FNO2S/c1-11-5-7-13(8-6-11)21(19,20)10-12-9-18-16-14(12)3-2-4-15(16)17/h2-9,18H,10H2,1H3. The molecule has 1 N–H and O–H groups in total. The van der Waals surface area contributed by atoms with E-state index in [0.717, 1.165) is 5.56 Å². The number of aryl methyl sites for hydroxylation is 1. The van der Waals surface area contributed by atoms with Crippen molar-refractivity contribution in [2.45, 2.75) is 17.6 Å². The number of nitrogens with one attached hydrogen (secondary N) is 1. The van der Waals surface area contributed by atoms with E-state index in [1.165, 1.54) is 6.07 Å². The highest BCUT2D eigenvalue weighted by Crippen LogP contribution is 2.25. The minimum atomic E-state index is -3.45. The molecule has 5 heteroatoms. The molecule has 3 nitrogen and oxygen atoms in total. The number of fused-ring (bicyclic) bond motifs is 1. The molecule has 108 valence electrons. The van der Waals surface area contributed by atoms with Crippen LogP contribution >= 0.6 is 0 Å². The fraction of sp³-hybridized carbons (Fsp3) is 0.125. The first-order valence-electron chi connectivity index (χ1n) is 6.51. The van der Waals surface area contributed by atoms with Gasteiger partial charge >= 0.3 is 0 Å². The van der Waals surface area contributed by atoms with Gasteiger partial charge in [0, 0.05) is 11.6 Å². The summed E-state index contributed by atoms with van der Waals surface area (Å²) in [4.78, 5) is 3.08. The number of aromatic amines is 1. The summed E-state index contributed by atoms with van der Waals surface area (Å²) in [5.74, 6) is -0.536. The zero-order chi connectivity index (χ0) is 15.0. The molecule has 0 fully saturated rings. The SMILES string of the molecule is Cc1ccc(S(=O)(=O)Cc2c[nH]c3c(F)cccc23)cc1. The van der Waals surface area contributed by atoms with Crippen molar-refractivity contribution in [3.8, 4) is 0 Å². The lowest BCUT2D eigenvalue weighted by molar-refractivity contribution is 0.595. The normalized spacial score (nSPS) is 11.9. The Bertz CT molecular complexity index is 896. The molecule has 0 amide bonds. The van der Waals surface area contributed by atoms with E-state index in [9.17, 15) is 12.8 Å². The molecule has 0 aliphatic heterocycles. The Morgan fingerprint density at radius 2 is 1.81 bits per heavy atom. The number of para-hydroxylation sites is 1. The van der Waals surface area contributed by atoms with Crippen molar-refractivity contribution in [2.75, 3.05) is 0 Å². The van der Waals surface area contributed by atoms with Gasteiger partial charge in [-0.15, -0.1) is 0 Å². The first-order chi connectivity index (χ1) is 9.97. The third kappa shape index (κ3) is 2.56. The summed E-state index contributed by atoms with van der Waals surface area (Å²) in [5, 5.41) is 0.602. The lowest BCUT2D eigenvalue weighted by Gasteiger charge is -2.04. The molecule has 0 radical (unpaired) electrons. The molecule has 3 aromatic rings. The maximum atomic E-state index is 13.6. The molecule has 0 spiro atoms. The number of hydrogen-bond acceptors (Lipinski definition) is 2. The highest BCUT2D eigenvalue weighted by molar-refractivity contribution is 7.90. The van der Waals surface area contributed by atoms with Crippen LogP contribution in [-0.4, -0.2) is 13.4 Å². The van der Waals surface area contributed by atoms with Gasteiger partial charge in [0.05, 0.1) is 16.2 Å². The second-order valence-electron chi connectivity index (χ2n) is 5.05. The fourth-order valence-corrected chi connectivity index (χ4v) is 3.69. The van der Waals surface area contributed by atoms with Crippen molar-refractivity contribution >= 4 is 20.7 Å². The highest BCUT2D eigenvalue weighted by atomic mass is 32.2. The zero-order valence-electron chi connectivity index (χ0n) is 11.4. The summed E-state index contributed by atoms with van der Waals surface area (Å²) in [6, 6.07) is 11.4. The molecule has 0 unspecified atom stereocenters. The number of sulfone groups is 1. The molecule has 21 heavy (non-hydrogen) atoms. The minimum absolute atomic E-state index is 0.153. The summed E-state index contributed by atoms with van der Waals surface area (Å²) in [7, 11) is -3.45. The molecule has 0 saturated heterocycles. The van der Waals surface area contributed by atoms with Gasteiger partial charge in [0.25, 0.3) is 0 Å². The lowest BCUT2D eigenvalue weighted by atomic mass is 10.2. The van der Waals surface area contributed by atoms with Crippen molar-refractivity contribution in [3.05, 3.63) is 65.6 Å². The van der Waals surface area contributed by atoms with Crippen LogP contribution in [-0.2, 0) is 15.6 Å². The van der Waals surface area contributed by atoms with Crippen LogP contribution in [0.25, 0.3) is 10.9 Å². The Kier molecular flexibility index (Phi) is 3.29. The Balaban J connectivity index is 2.01. The van der Waals surface area contributed by atoms with Crippen molar-refractivity contribution in [1.82, 2.24) is 4.98 Å². The van der Waals surface area contributed by atoms with E-state index in [0.29, 0.717) is 16.5 Å². The van der Waals surface area contributed by atoms with Crippen molar-refractivity contribution < 1.29 is 12.8 Å². The fourth-order valence-electron chi connectivity index (χ4n) is 2.33. The number of benzene rings is 2. The predicted octanol–water partition coefficient (Wildman–Crippen LogP) is 3.59. The maximum Gasteiger partial charge on any atom is 0.182 e. The van der Waals surface area contributed by atoms with Gasteiger partial charge in [-0.2, -0.15) is 0 Å². The average molecular weight is 303 g/mol. The van der Waals surface area contributed by atoms with Gasteiger partial charge in [-0.3, -0.25) is 0 Å². The van der Waals surface area contributed by atoms with E-state index < -0.39 is 9.84 Å². The topological polar surface area (TPSA) is 49.9 Å². The summed E-state index contributed by atoms with van der Waals surface area (Å²) in [6.07, 6.45) is 1.56. The van der Waals surface area contributed by atoms with Crippen molar-refractivity contribution in [1.29, 1.82) is 0 Å². The molecule has 0 saturated carbocycles. The molecule has 0 atom stereocenters. The van der Waals surface area contributed by atoms with E-state index in [1.54, 1.807) is 42.6 Å². The van der Waals surface area contributed by atoms with Crippen LogP contribution < -0.4 is 0 Å². The molecule has 1 aromatic heterocycles. The van der Waals surface area contributed by atoms with Gasteiger partial charge in [-0.1, -0.05) is 29.8 Å². The quantitative estimate of drug-likeness (QED) is 0.804. The average Bonchev–Trinajstić information content (AvgIpc) is 2.83. The molecule has 1 heterocycles. The van der Waals surface area contributed by atoms with Crippen molar-refractivity contribution in [2.24, 2.45) is 0 Å². The van der Waals surface area contributed by atoms with Crippen LogP contribution in [0, 0.1) is 12.7 Å². The van der Waals surface area contributed by atoms with Crippen LogP contribution in [0.15, 0.2) is 53.6 Å². The van der Waals surface area contributed by atoms with Gasteiger partial charge in [0.2, 0.25) is 0 Å². The van der Waals surface area contributed by atoms with E-state index in [2.05, 4.69) is 4.98 Å². The number of aromatic nitrogens is 1. The lowest BCUT2D eigenvalue weighted by Crippen LogP contribution is -2.04. The molecule has 0 aliphatic rings. The second-order valence-corrected chi connectivity index (χ2v) is 7.04. The van der Waals surface area contributed by atoms with Gasteiger partial charge in [-0.05, 0) is 30.7 Å². The smallest absolute Gasteiger partial charge is 0.182 e. The zero-order valence-corrected chi connectivity index (χ0v) is 12.2. The minimum Gasteiger partial charge on any atom is -0.358 e. The van der Waals surface area contributed by atoms with Crippen LogP contribution in [0.5, 0.6) is 0 Å². The highest BCUT2D eigenvalue weighted by Gasteiger charge is 2.18. The van der Waals surface area contributed by atoms with Crippen LogP contribution in [0.1, 0.15) is 11.1 Å². The first kappa shape index (κ1) is 13.8. The molecule has 3 rings (SSSR count). The van der Waals surface area contributed by atoms with Gasteiger partial charge in [0.1, 0.15) is 5.82 Å². The van der Waals surface area contributed by atoms with Crippen LogP contribution in [0.2, 0.25) is 0 Å². The largest absolute Gasteiger partial charge is 0.358 e. The monoisotopic (exact) mass is 303 g/mol. The number of halogens is 1. The van der Waals surface area contributed by atoms with E-state index in [1.807, 2.05) is 6.92 Å². The Labute approximate surface area is 122 Å². The van der Waals surface area contributed by atoms with E-state index >= 15 is 0 Å². The first-order valence-corrected chi connectivity index (χ1v) is 8.16. The molecular weight excluding hydrogens is 289 g/mol. The third-order valence-electron chi connectivity index (χ3n) is 3.48. The second kappa shape index (κ2) is 5.00. The summed E-state index contributed by atoms with van der Waals surface area (Å²) >= 11 is 0. The summed E-state index contributed by atoms with van der Waals surface area (Å²) < 4.78 is 38.5. The van der Waals surface area contributed by atoms with Gasteiger partial charge in [0.15, 0.2) is 9.84 Å². The summed E-state index contributed by atoms with van der Waals surface area (Å²) in [5.41, 5.74) is 1.92. The van der Waals surface area contributed by atoms with Crippen LogP contribution in [0.4, 0.5) is 4.39 Å². The van der Waals surface area contributed by atoms with Crippen LogP contribution in [0.3, 0.4) is 0 Å². The molecular formula is C16H14FNO2S. The van der Waals surface area contributed by atoms with Crippen molar-refractivity contribution in [3.63, 3.8) is 0 Å². The number of H-pyrrole nitrogens is 1. The molecule has 0 aliphatic carbocycles. The summed E-state index contributed by atoms with van der Waals surface area (Å²) in [6.45, 7) is 1.90. The Hall–Kier alpha value is -2.14. The van der Waals surface area contributed by atoms with Gasteiger partial charge < -0.3 is 4.98 Å². The van der Waals surface area contributed by atoms with Gasteiger partial charge in [-0.25, -0.2) is 12.8 Å². The Morgan fingerprint density at radius 1 is 1.10 bits per heavy atom. The number of hydrogen-bond donors (Lipinski definition) is 1. The van der Waals surface area contributed by atoms with E-state index in [-0.39, 0.29) is 16.5 Å². The maximum absolute atomic E-state index is 13.6. The predicted molar refractivity (Wildman–Crippen MR) is 80.3 cm³/mol. The van der Waals surface area contributed by atoms with E-state index in [4.69, 9.17) is 0 Å². The third-order valence-corrected chi connectivity index (χ3v) is 5.16. The number of rotatable bonds is 3.